The number of fused-ring (bicyclic) bond motifs is 1. The first-order valence-electron chi connectivity index (χ1n) is 11.0. The topological polar surface area (TPSA) is 159 Å². The van der Waals surface area contributed by atoms with E-state index in [9.17, 15) is 32.3 Å². The number of carboxylic acids is 1. The van der Waals surface area contributed by atoms with Gasteiger partial charge in [-0.25, -0.2) is 4.79 Å². The SMILES string of the molecule is NCc1ccccc1CNC(=O)c1ccc2c(c1)CN(C1CCC(=O)NC1=O)C2=O.O=C(O)C(F)(F)F. The van der Waals surface area contributed by atoms with Crippen molar-refractivity contribution >= 4 is 29.6 Å². The van der Waals surface area contributed by atoms with Crippen molar-refractivity contribution in [2.75, 3.05) is 0 Å². The normalized spacial score (nSPS) is 16.9. The fourth-order valence-corrected chi connectivity index (χ4v) is 3.92. The van der Waals surface area contributed by atoms with Gasteiger partial charge in [-0.2, -0.15) is 13.2 Å². The summed E-state index contributed by atoms with van der Waals surface area (Å²) in [5.41, 5.74) is 9.27. The number of nitrogens with zero attached hydrogens (tertiary/aromatic N) is 1. The molecule has 0 aromatic heterocycles. The second kappa shape index (κ2) is 11.2. The second-order valence-electron chi connectivity index (χ2n) is 8.23. The fourth-order valence-electron chi connectivity index (χ4n) is 3.92. The number of hydrogen-bond donors (Lipinski definition) is 4. The molecule has 196 valence electrons. The highest BCUT2D eigenvalue weighted by Gasteiger charge is 2.39. The van der Waals surface area contributed by atoms with E-state index >= 15 is 0 Å². The Bertz CT molecular complexity index is 1250. The zero-order valence-corrected chi connectivity index (χ0v) is 19.3. The number of carbonyl (C=O) groups excluding carboxylic acids is 4. The third-order valence-electron chi connectivity index (χ3n) is 5.81. The lowest BCUT2D eigenvalue weighted by atomic mass is 10.0. The predicted molar refractivity (Wildman–Crippen MR) is 122 cm³/mol. The summed E-state index contributed by atoms with van der Waals surface area (Å²) in [7, 11) is 0. The van der Waals surface area contributed by atoms with E-state index in [0.29, 0.717) is 36.2 Å². The van der Waals surface area contributed by atoms with Gasteiger partial charge in [0.15, 0.2) is 0 Å². The number of carboxylic acid groups (broad SMARTS) is 1. The van der Waals surface area contributed by atoms with Crippen LogP contribution in [0.4, 0.5) is 13.2 Å². The highest BCUT2D eigenvalue weighted by atomic mass is 19.4. The standard InChI is InChI=1S/C22H22N4O4.C2HF3O2/c23-10-14-3-1-2-4-15(14)11-24-20(28)13-5-6-17-16(9-13)12-26(22(17)30)18-7-8-19(27)25-21(18)29;3-2(4,5)1(6)7/h1-6,9,18H,7-8,10-12,23H2,(H,24,28)(H,25,27,29);(H,6,7). The summed E-state index contributed by atoms with van der Waals surface area (Å²) >= 11 is 0. The van der Waals surface area contributed by atoms with Crippen LogP contribution in [0, 0.1) is 0 Å². The summed E-state index contributed by atoms with van der Waals surface area (Å²) in [6.45, 7) is 0.978. The first kappa shape index (κ1) is 27.3. The molecule has 1 unspecified atom stereocenters. The molecular weight excluding hydrogens is 497 g/mol. The van der Waals surface area contributed by atoms with Crippen molar-refractivity contribution in [1.29, 1.82) is 0 Å². The van der Waals surface area contributed by atoms with Crippen LogP contribution in [0.3, 0.4) is 0 Å². The van der Waals surface area contributed by atoms with Crippen molar-refractivity contribution in [3.8, 4) is 0 Å². The Balaban J connectivity index is 0.000000479. The third kappa shape index (κ3) is 6.50. The number of amides is 4. The van der Waals surface area contributed by atoms with Gasteiger partial charge in [-0.05, 0) is 41.3 Å². The van der Waals surface area contributed by atoms with Crippen molar-refractivity contribution in [2.24, 2.45) is 5.73 Å². The quantitative estimate of drug-likeness (QED) is 0.435. The predicted octanol–water partition coefficient (Wildman–Crippen LogP) is 1.47. The van der Waals surface area contributed by atoms with Crippen LogP contribution in [0.5, 0.6) is 0 Å². The third-order valence-corrected chi connectivity index (χ3v) is 5.81. The lowest BCUT2D eigenvalue weighted by Gasteiger charge is -2.29. The van der Waals surface area contributed by atoms with Crippen molar-refractivity contribution in [1.82, 2.24) is 15.5 Å². The molecule has 5 N–H and O–H groups in total. The van der Waals surface area contributed by atoms with Gasteiger partial charge in [-0.1, -0.05) is 24.3 Å². The molecule has 2 heterocycles. The minimum atomic E-state index is -5.08. The molecule has 0 spiro atoms. The molecule has 37 heavy (non-hydrogen) atoms. The molecule has 2 aromatic carbocycles. The maximum Gasteiger partial charge on any atom is 0.490 e. The Hall–Kier alpha value is -4.26. The molecule has 0 radical (unpaired) electrons. The molecule has 2 aromatic rings. The Morgan fingerprint density at radius 2 is 1.76 bits per heavy atom. The maximum atomic E-state index is 12.7. The van der Waals surface area contributed by atoms with E-state index in [4.69, 9.17) is 15.6 Å². The monoisotopic (exact) mass is 520 g/mol. The molecule has 0 saturated carbocycles. The van der Waals surface area contributed by atoms with Gasteiger partial charge in [0.05, 0.1) is 0 Å². The van der Waals surface area contributed by atoms with Crippen LogP contribution in [-0.4, -0.2) is 51.8 Å². The largest absolute Gasteiger partial charge is 0.490 e. The average molecular weight is 520 g/mol. The van der Waals surface area contributed by atoms with E-state index in [1.54, 1.807) is 18.2 Å². The first-order chi connectivity index (χ1) is 17.4. The number of nitrogens with one attached hydrogen (secondary N) is 2. The van der Waals surface area contributed by atoms with Gasteiger partial charge in [-0.3, -0.25) is 24.5 Å². The summed E-state index contributed by atoms with van der Waals surface area (Å²) in [4.78, 5) is 59.2. The van der Waals surface area contributed by atoms with Gasteiger partial charge in [-0.15, -0.1) is 0 Å². The molecule has 1 saturated heterocycles. The van der Waals surface area contributed by atoms with E-state index in [2.05, 4.69) is 10.6 Å². The molecular formula is C24H23F3N4O6. The van der Waals surface area contributed by atoms with Crippen molar-refractivity contribution in [3.63, 3.8) is 0 Å². The molecule has 0 bridgehead atoms. The van der Waals surface area contributed by atoms with Crippen molar-refractivity contribution in [3.05, 3.63) is 70.3 Å². The summed E-state index contributed by atoms with van der Waals surface area (Å²) in [6, 6.07) is 11.9. The number of imide groups is 1. The first-order valence-corrected chi connectivity index (χ1v) is 11.0. The number of nitrogens with two attached hydrogens (primary N) is 1. The number of halogens is 3. The number of hydrogen-bond acceptors (Lipinski definition) is 6. The molecule has 2 aliphatic heterocycles. The minimum absolute atomic E-state index is 0.203. The van der Waals surface area contributed by atoms with Crippen molar-refractivity contribution < 1.29 is 42.3 Å². The summed E-state index contributed by atoms with van der Waals surface area (Å²) in [5.74, 6) is -4.05. The zero-order chi connectivity index (χ0) is 27.3. The van der Waals surface area contributed by atoms with E-state index < -0.39 is 24.1 Å². The summed E-state index contributed by atoms with van der Waals surface area (Å²) in [5, 5.41) is 12.3. The lowest BCUT2D eigenvalue weighted by molar-refractivity contribution is -0.192. The molecule has 4 amide bonds. The number of piperidine rings is 1. The average Bonchev–Trinajstić information content (AvgIpc) is 3.17. The minimum Gasteiger partial charge on any atom is -0.475 e. The maximum absolute atomic E-state index is 12.7. The Morgan fingerprint density at radius 3 is 2.35 bits per heavy atom. The number of benzene rings is 2. The zero-order valence-electron chi connectivity index (χ0n) is 19.3. The highest BCUT2D eigenvalue weighted by Crippen LogP contribution is 2.28. The van der Waals surface area contributed by atoms with Crippen molar-refractivity contribution in [2.45, 2.75) is 44.7 Å². The van der Waals surface area contributed by atoms with Gasteiger partial charge in [0.2, 0.25) is 11.8 Å². The van der Waals surface area contributed by atoms with Crippen LogP contribution in [0.1, 0.15) is 50.2 Å². The molecule has 2 aliphatic rings. The van der Waals surface area contributed by atoms with Gasteiger partial charge in [0.1, 0.15) is 6.04 Å². The second-order valence-corrected chi connectivity index (χ2v) is 8.23. The summed E-state index contributed by atoms with van der Waals surface area (Å²) < 4.78 is 31.7. The van der Waals surface area contributed by atoms with Crippen LogP contribution >= 0.6 is 0 Å². The van der Waals surface area contributed by atoms with Gasteiger partial charge < -0.3 is 21.1 Å². The molecule has 1 atom stereocenters. The molecule has 1 fully saturated rings. The fraction of sp³-hybridized carbons (Fsp3) is 0.292. The van der Waals surface area contributed by atoms with Crippen LogP contribution in [0.2, 0.25) is 0 Å². The van der Waals surface area contributed by atoms with Crippen LogP contribution in [-0.2, 0) is 34.0 Å². The van der Waals surface area contributed by atoms with E-state index in [1.165, 1.54) is 4.90 Å². The molecule has 10 nitrogen and oxygen atoms in total. The van der Waals surface area contributed by atoms with Gasteiger partial charge in [0.25, 0.3) is 11.8 Å². The Labute approximate surface area is 208 Å². The Morgan fingerprint density at radius 1 is 1.11 bits per heavy atom. The van der Waals surface area contributed by atoms with Crippen LogP contribution in [0.25, 0.3) is 0 Å². The van der Waals surface area contributed by atoms with Crippen LogP contribution in [0.15, 0.2) is 42.5 Å². The molecule has 0 aliphatic carbocycles. The summed E-state index contributed by atoms with van der Waals surface area (Å²) in [6.07, 6.45) is -4.58. The smallest absolute Gasteiger partial charge is 0.475 e. The number of carbonyl (C=O) groups is 5. The van der Waals surface area contributed by atoms with E-state index in [0.717, 1.165) is 11.1 Å². The highest BCUT2D eigenvalue weighted by molar-refractivity contribution is 6.06. The number of alkyl halides is 3. The van der Waals surface area contributed by atoms with Crippen LogP contribution < -0.4 is 16.4 Å². The number of rotatable bonds is 5. The molecule has 4 rings (SSSR count). The lowest BCUT2D eigenvalue weighted by Crippen LogP contribution is -2.52. The molecule has 13 heteroatoms. The van der Waals surface area contributed by atoms with Gasteiger partial charge in [0, 0.05) is 37.2 Å². The Kier molecular flexibility index (Phi) is 8.28. The van der Waals surface area contributed by atoms with E-state index in [1.807, 2.05) is 24.3 Å². The number of aliphatic carboxylic acids is 1. The van der Waals surface area contributed by atoms with Gasteiger partial charge >= 0.3 is 12.1 Å². The van der Waals surface area contributed by atoms with E-state index in [-0.39, 0.29) is 30.7 Å².